The fourth-order valence-corrected chi connectivity index (χ4v) is 3.62. The van der Waals surface area contributed by atoms with Crippen LogP contribution in [0.5, 0.6) is 0 Å². The SMILES string of the molecule is O=C(OCc1ccccc1)C1CCC2(CC1)C[C@H]2C=C(F)F. The molecule has 1 atom stereocenters. The zero-order valence-electron chi connectivity index (χ0n) is 12.4. The molecule has 2 nitrogen and oxygen atoms in total. The second-order valence-electron chi connectivity index (χ2n) is 6.50. The Morgan fingerprint density at radius 1 is 1.23 bits per heavy atom. The molecule has 118 valence electrons. The molecule has 1 aromatic carbocycles. The third-order valence-corrected chi connectivity index (χ3v) is 5.12. The summed E-state index contributed by atoms with van der Waals surface area (Å²) in [5, 5.41) is 0. The molecule has 0 aliphatic heterocycles. The Balaban J connectivity index is 1.46. The average molecular weight is 306 g/mol. The standard InChI is InChI=1S/C18H20F2O2/c19-16(20)10-15-11-18(15)8-6-14(7-9-18)17(21)22-12-13-4-2-1-3-5-13/h1-5,10,14-15H,6-9,11-12H2/t14?,15-,18?/m1/s1. The van der Waals surface area contributed by atoms with Crippen LogP contribution in [0.1, 0.15) is 37.7 Å². The van der Waals surface area contributed by atoms with Gasteiger partial charge in [-0.2, -0.15) is 8.78 Å². The number of allylic oxidation sites excluding steroid dienone is 1. The highest BCUT2D eigenvalue weighted by Crippen LogP contribution is 2.63. The number of hydrogen-bond donors (Lipinski definition) is 0. The summed E-state index contributed by atoms with van der Waals surface area (Å²) in [4.78, 5) is 12.1. The van der Waals surface area contributed by atoms with E-state index >= 15 is 0 Å². The van der Waals surface area contributed by atoms with Crippen molar-refractivity contribution in [3.05, 3.63) is 48.1 Å². The van der Waals surface area contributed by atoms with Crippen LogP contribution in [-0.4, -0.2) is 5.97 Å². The molecule has 0 aromatic heterocycles. The molecule has 0 bridgehead atoms. The number of rotatable bonds is 4. The third-order valence-electron chi connectivity index (χ3n) is 5.12. The molecular formula is C18H20F2O2. The first-order valence-corrected chi connectivity index (χ1v) is 7.82. The first-order chi connectivity index (χ1) is 10.6. The molecule has 1 spiro atoms. The van der Waals surface area contributed by atoms with Gasteiger partial charge in [-0.1, -0.05) is 30.3 Å². The van der Waals surface area contributed by atoms with Crippen LogP contribution < -0.4 is 0 Å². The summed E-state index contributed by atoms with van der Waals surface area (Å²) < 4.78 is 30.0. The molecule has 2 aliphatic carbocycles. The highest BCUT2D eigenvalue weighted by atomic mass is 19.3. The summed E-state index contributed by atoms with van der Waals surface area (Å²) in [5.74, 6) is -0.211. The lowest BCUT2D eigenvalue weighted by Crippen LogP contribution is -2.25. The van der Waals surface area contributed by atoms with E-state index in [0.29, 0.717) is 6.61 Å². The van der Waals surface area contributed by atoms with Gasteiger partial charge in [0.1, 0.15) is 6.61 Å². The van der Waals surface area contributed by atoms with Crippen LogP contribution >= 0.6 is 0 Å². The zero-order valence-corrected chi connectivity index (χ0v) is 12.4. The molecule has 0 heterocycles. The molecule has 2 fully saturated rings. The van der Waals surface area contributed by atoms with E-state index in [1.165, 1.54) is 0 Å². The van der Waals surface area contributed by atoms with Gasteiger partial charge in [0.2, 0.25) is 0 Å². The molecule has 0 saturated heterocycles. The van der Waals surface area contributed by atoms with E-state index in [-0.39, 0.29) is 23.2 Å². The lowest BCUT2D eigenvalue weighted by Gasteiger charge is -2.27. The van der Waals surface area contributed by atoms with Crippen LogP contribution in [0.15, 0.2) is 42.5 Å². The predicted octanol–water partition coefficient (Wildman–Crippen LogP) is 4.71. The number of ether oxygens (including phenoxy) is 1. The van der Waals surface area contributed by atoms with Crippen molar-refractivity contribution in [2.45, 2.75) is 38.7 Å². The Kier molecular flexibility index (Phi) is 4.27. The Morgan fingerprint density at radius 2 is 1.91 bits per heavy atom. The van der Waals surface area contributed by atoms with Gasteiger partial charge < -0.3 is 4.74 Å². The zero-order chi connectivity index (χ0) is 15.6. The Bertz CT molecular complexity index is 556. The van der Waals surface area contributed by atoms with Gasteiger partial charge in [0, 0.05) is 0 Å². The van der Waals surface area contributed by atoms with Crippen LogP contribution in [0.3, 0.4) is 0 Å². The molecule has 0 N–H and O–H groups in total. The van der Waals surface area contributed by atoms with Crippen LogP contribution in [0, 0.1) is 17.3 Å². The molecule has 2 saturated carbocycles. The molecule has 0 amide bonds. The molecule has 2 aliphatic rings. The van der Waals surface area contributed by atoms with Gasteiger partial charge in [-0.05, 0) is 55.1 Å². The molecule has 22 heavy (non-hydrogen) atoms. The van der Waals surface area contributed by atoms with Gasteiger partial charge in [0.15, 0.2) is 0 Å². The van der Waals surface area contributed by atoms with Crippen LogP contribution in [0.2, 0.25) is 0 Å². The fraction of sp³-hybridized carbons (Fsp3) is 0.500. The van der Waals surface area contributed by atoms with Crippen LogP contribution in [0.4, 0.5) is 8.78 Å². The number of carbonyl (C=O) groups is 1. The van der Waals surface area contributed by atoms with Crippen molar-refractivity contribution >= 4 is 5.97 Å². The maximum atomic E-state index is 12.3. The Morgan fingerprint density at radius 3 is 2.55 bits per heavy atom. The quantitative estimate of drug-likeness (QED) is 0.753. The predicted molar refractivity (Wildman–Crippen MR) is 79.0 cm³/mol. The monoisotopic (exact) mass is 306 g/mol. The topological polar surface area (TPSA) is 26.3 Å². The lowest BCUT2D eigenvalue weighted by molar-refractivity contribution is -0.151. The third kappa shape index (κ3) is 3.37. The van der Waals surface area contributed by atoms with Crippen molar-refractivity contribution in [3.8, 4) is 0 Å². The molecule has 0 radical (unpaired) electrons. The van der Waals surface area contributed by atoms with E-state index in [9.17, 15) is 13.6 Å². The maximum Gasteiger partial charge on any atom is 0.309 e. The minimum Gasteiger partial charge on any atom is -0.461 e. The molecule has 4 heteroatoms. The van der Waals surface area contributed by atoms with E-state index in [2.05, 4.69) is 0 Å². The molecule has 0 unspecified atom stereocenters. The van der Waals surface area contributed by atoms with Crippen LogP contribution in [0.25, 0.3) is 0 Å². The summed E-state index contributed by atoms with van der Waals surface area (Å²) in [7, 11) is 0. The van der Waals surface area contributed by atoms with E-state index < -0.39 is 6.08 Å². The van der Waals surface area contributed by atoms with Gasteiger partial charge >= 0.3 is 5.97 Å². The number of halogens is 2. The van der Waals surface area contributed by atoms with Crippen molar-refractivity contribution in [1.82, 2.24) is 0 Å². The fourth-order valence-electron chi connectivity index (χ4n) is 3.62. The van der Waals surface area contributed by atoms with Crippen molar-refractivity contribution in [2.24, 2.45) is 17.3 Å². The molecular weight excluding hydrogens is 286 g/mol. The summed E-state index contributed by atoms with van der Waals surface area (Å²) in [6, 6.07) is 9.61. The smallest absolute Gasteiger partial charge is 0.309 e. The average Bonchev–Trinajstić information content (AvgIpc) is 3.17. The number of esters is 1. The second-order valence-corrected chi connectivity index (χ2v) is 6.50. The van der Waals surface area contributed by atoms with Gasteiger partial charge in [0.05, 0.1) is 5.92 Å². The van der Waals surface area contributed by atoms with Gasteiger partial charge in [-0.15, -0.1) is 0 Å². The lowest BCUT2D eigenvalue weighted by atomic mass is 9.78. The largest absolute Gasteiger partial charge is 0.461 e. The maximum absolute atomic E-state index is 12.3. The Hall–Kier alpha value is -1.71. The van der Waals surface area contributed by atoms with Crippen molar-refractivity contribution in [3.63, 3.8) is 0 Å². The van der Waals surface area contributed by atoms with Gasteiger partial charge in [-0.25, -0.2) is 0 Å². The van der Waals surface area contributed by atoms with E-state index in [1.54, 1.807) is 0 Å². The molecule has 3 rings (SSSR count). The summed E-state index contributed by atoms with van der Waals surface area (Å²) in [6.45, 7) is 0.305. The second kappa shape index (κ2) is 6.19. The van der Waals surface area contributed by atoms with Crippen LogP contribution in [-0.2, 0) is 16.1 Å². The first kappa shape index (κ1) is 15.2. The minimum atomic E-state index is -1.58. The Labute approximate surface area is 129 Å². The number of hydrogen-bond acceptors (Lipinski definition) is 2. The first-order valence-electron chi connectivity index (χ1n) is 7.82. The number of benzene rings is 1. The molecule has 1 aromatic rings. The van der Waals surface area contributed by atoms with Gasteiger partial charge in [0.25, 0.3) is 6.08 Å². The van der Waals surface area contributed by atoms with Crippen molar-refractivity contribution in [1.29, 1.82) is 0 Å². The number of carbonyl (C=O) groups excluding carboxylic acids is 1. The highest BCUT2D eigenvalue weighted by molar-refractivity contribution is 5.72. The van der Waals surface area contributed by atoms with Crippen molar-refractivity contribution in [2.75, 3.05) is 0 Å². The highest BCUT2D eigenvalue weighted by Gasteiger charge is 2.54. The van der Waals surface area contributed by atoms with E-state index in [4.69, 9.17) is 4.74 Å². The van der Waals surface area contributed by atoms with Gasteiger partial charge in [-0.3, -0.25) is 4.79 Å². The summed E-state index contributed by atoms with van der Waals surface area (Å²) >= 11 is 0. The van der Waals surface area contributed by atoms with E-state index in [0.717, 1.165) is 43.7 Å². The normalized spacial score (nSPS) is 29.9. The van der Waals surface area contributed by atoms with Crippen molar-refractivity contribution < 1.29 is 18.3 Å². The minimum absolute atomic E-state index is 0.0128. The summed E-state index contributed by atoms with van der Waals surface area (Å²) in [6.07, 6.45) is 3.58. The summed E-state index contributed by atoms with van der Waals surface area (Å²) in [5.41, 5.74) is 1.02. The van der Waals surface area contributed by atoms with E-state index in [1.807, 2.05) is 30.3 Å².